The molecule has 2 heterocycles. The minimum Gasteiger partial charge on any atom is -0.354 e. The Morgan fingerprint density at radius 2 is 2.47 bits per heavy atom. The quantitative estimate of drug-likeness (QED) is 0.720. The van der Waals surface area contributed by atoms with Gasteiger partial charge in [0.1, 0.15) is 25.0 Å². The smallest absolute Gasteiger partial charge is 0.252 e. The third-order valence-corrected chi connectivity index (χ3v) is 2.81. The summed E-state index contributed by atoms with van der Waals surface area (Å²) >= 11 is 0. The number of carbonyl (C=O) groups is 2. The fraction of sp³-hybridized carbons (Fsp3) is 0.545. The summed E-state index contributed by atoms with van der Waals surface area (Å²) in [7, 11) is 0. The zero-order valence-corrected chi connectivity index (χ0v) is 10.3. The van der Waals surface area contributed by atoms with Crippen LogP contribution in [-0.2, 0) is 16.1 Å². The van der Waals surface area contributed by atoms with E-state index >= 15 is 0 Å². The molecule has 2 N–H and O–H groups in total. The van der Waals surface area contributed by atoms with E-state index in [1.165, 1.54) is 11.0 Å². The lowest BCUT2D eigenvalue weighted by molar-refractivity contribution is -0.129. The fourth-order valence-corrected chi connectivity index (χ4v) is 1.89. The van der Waals surface area contributed by atoms with Crippen LogP contribution in [0.5, 0.6) is 0 Å². The van der Waals surface area contributed by atoms with Gasteiger partial charge >= 0.3 is 0 Å². The summed E-state index contributed by atoms with van der Waals surface area (Å²) in [4.78, 5) is 27.1. The molecule has 1 fully saturated rings. The summed E-state index contributed by atoms with van der Waals surface area (Å²) < 4.78 is 1.27. The van der Waals surface area contributed by atoms with Crippen molar-refractivity contribution in [1.29, 1.82) is 5.26 Å². The van der Waals surface area contributed by atoms with Crippen molar-refractivity contribution in [2.45, 2.75) is 31.8 Å². The third-order valence-electron chi connectivity index (χ3n) is 2.81. The average Bonchev–Trinajstić information content (AvgIpc) is 2.74. The summed E-state index contributed by atoms with van der Waals surface area (Å²) in [5, 5.41) is 17.8. The summed E-state index contributed by atoms with van der Waals surface area (Å²) in [6.07, 6.45) is 3.77. The van der Waals surface area contributed by atoms with E-state index in [9.17, 15) is 9.59 Å². The van der Waals surface area contributed by atoms with E-state index in [2.05, 4.69) is 20.7 Å². The molecule has 1 aliphatic heterocycles. The highest BCUT2D eigenvalue weighted by molar-refractivity contribution is 5.87. The van der Waals surface area contributed by atoms with E-state index in [0.717, 1.165) is 12.8 Å². The molecule has 8 heteroatoms. The van der Waals surface area contributed by atoms with Crippen molar-refractivity contribution in [3.8, 4) is 6.07 Å². The Bertz CT molecular complexity index is 518. The van der Waals surface area contributed by atoms with Crippen LogP contribution in [0.1, 0.15) is 25.1 Å². The Morgan fingerprint density at radius 3 is 3.21 bits per heavy atom. The minimum atomic E-state index is -0.492. The number of carbonyl (C=O) groups excluding carboxylic acids is 2. The van der Waals surface area contributed by atoms with Crippen LogP contribution in [0, 0.1) is 11.3 Å². The number of hydrogen-bond acceptors (Lipinski definition) is 5. The van der Waals surface area contributed by atoms with Crippen LogP contribution >= 0.6 is 0 Å². The predicted molar refractivity (Wildman–Crippen MR) is 63.5 cm³/mol. The van der Waals surface area contributed by atoms with Crippen LogP contribution in [0.4, 0.5) is 0 Å². The summed E-state index contributed by atoms with van der Waals surface area (Å²) in [5.74, 6) is -0.460. The molecule has 1 aromatic rings. The van der Waals surface area contributed by atoms with Crippen molar-refractivity contribution in [1.82, 2.24) is 25.4 Å². The van der Waals surface area contributed by atoms with Crippen molar-refractivity contribution in [3.63, 3.8) is 0 Å². The van der Waals surface area contributed by atoms with Crippen LogP contribution in [0.25, 0.3) is 0 Å². The molecule has 1 saturated heterocycles. The van der Waals surface area contributed by atoms with E-state index in [4.69, 9.17) is 5.26 Å². The number of hydrogen-bond donors (Lipinski definition) is 2. The van der Waals surface area contributed by atoms with Crippen LogP contribution in [0.3, 0.4) is 0 Å². The van der Waals surface area contributed by atoms with Crippen LogP contribution in [0.2, 0.25) is 0 Å². The third kappa shape index (κ3) is 3.51. The number of nitrogens with zero attached hydrogens (tertiary/aromatic N) is 4. The lowest BCUT2D eigenvalue weighted by Crippen LogP contribution is -2.46. The predicted octanol–water partition coefficient (Wildman–Crippen LogP) is -1.07. The maximum Gasteiger partial charge on any atom is 0.252 e. The number of aromatic nitrogens is 3. The molecule has 0 radical (unpaired) electrons. The van der Waals surface area contributed by atoms with Crippen LogP contribution in [-0.4, -0.2) is 39.2 Å². The molecule has 0 spiro atoms. The maximum atomic E-state index is 11.8. The number of nitriles is 1. The summed E-state index contributed by atoms with van der Waals surface area (Å²) in [6, 6.07) is 1.29. The molecule has 8 nitrogen and oxygen atoms in total. The van der Waals surface area contributed by atoms with Crippen molar-refractivity contribution >= 4 is 11.8 Å². The van der Waals surface area contributed by atoms with Gasteiger partial charge in [0.15, 0.2) is 0 Å². The SMILES string of the molecule is N#Cc1ncn(CC(=O)NC2CCCCNC2=O)n1. The molecule has 19 heavy (non-hydrogen) atoms. The van der Waals surface area contributed by atoms with Gasteiger partial charge in [-0.15, -0.1) is 5.10 Å². The highest BCUT2D eigenvalue weighted by Gasteiger charge is 2.22. The molecule has 2 amide bonds. The molecule has 0 aromatic carbocycles. The van der Waals surface area contributed by atoms with Gasteiger partial charge in [-0.3, -0.25) is 9.59 Å². The van der Waals surface area contributed by atoms with Gasteiger partial charge in [0.05, 0.1) is 0 Å². The molecular formula is C11H14N6O2. The van der Waals surface area contributed by atoms with Crippen molar-refractivity contribution in [2.24, 2.45) is 0 Å². The molecule has 0 aliphatic carbocycles. The van der Waals surface area contributed by atoms with Gasteiger partial charge in [-0.25, -0.2) is 9.67 Å². The van der Waals surface area contributed by atoms with Gasteiger partial charge in [0, 0.05) is 6.54 Å². The Balaban J connectivity index is 1.89. The topological polar surface area (TPSA) is 113 Å². The molecular weight excluding hydrogens is 248 g/mol. The molecule has 1 atom stereocenters. The fourth-order valence-electron chi connectivity index (χ4n) is 1.89. The van der Waals surface area contributed by atoms with Crippen molar-refractivity contribution in [2.75, 3.05) is 6.54 Å². The first-order chi connectivity index (χ1) is 9.19. The van der Waals surface area contributed by atoms with Gasteiger partial charge in [-0.05, 0) is 19.3 Å². The average molecular weight is 262 g/mol. The minimum absolute atomic E-state index is 0.0139. The largest absolute Gasteiger partial charge is 0.354 e. The highest BCUT2D eigenvalue weighted by Crippen LogP contribution is 2.05. The second kappa shape index (κ2) is 5.95. The Labute approximate surface area is 109 Å². The zero-order chi connectivity index (χ0) is 13.7. The van der Waals surface area contributed by atoms with Gasteiger partial charge in [0.2, 0.25) is 11.8 Å². The van der Waals surface area contributed by atoms with E-state index in [-0.39, 0.29) is 24.2 Å². The van der Waals surface area contributed by atoms with Crippen LogP contribution in [0.15, 0.2) is 6.33 Å². The van der Waals surface area contributed by atoms with E-state index < -0.39 is 6.04 Å². The summed E-state index contributed by atoms with van der Waals surface area (Å²) in [6.45, 7) is 0.596. The first-order valence-electron chi connectivity index (χ1n) is 6.05. The Kier molecular flexibility index (Phi) is 4.07. The Hall–Kier alpha value is -2.43. The van der Waals surface area contributed by atoms with Gasteiger partial charge in [-0.2, -0.15) is 5.26 Å². The molecule has 2 rings (SSSR count). The van der Waals surface area contributed by atoms with Crippen molar-refractivity contribution in [3.05, 3.63) is 12.2 Å². The first-order valence-corrected chi connectivity index (χ1v) is 6.05. The summed E-state index contributed by atoms with van der Waals surface area (Å²) in [5.41, 5.74) is 0. The molecule has 1 aliphatic rings. The van der Waals surface area contributed by atoms with Gasteiger partial charge < -0.3 is 10.6 Å². The second-order valence-electron chi connectivity index (χ2n) is 4.28. The van der Waals surface area contributed by atoms with Crippen molar-refractivity contribution < 1.29 is 9.59 Å². The highest BCUT2D eigenvalue weighted by atomic mass is 16.2. The lowest BCUT2D eigenvalue weighted by Gasteiger charge is -2.14. The van der Waals surface area contributed by atoms with Gasteiger partial charge in [0.25, 0.3) is 5.82 Å². The first kappa shape index (κ1) is 13.0. The second-order valence-corrected chi connectivity index (χ2v) is 4.28. The maximum absolute atomic E-state index is 11.8. The molecule has 0 bridgehead atoms. The molecule has 1 aromatic heterocycles. The monoisotopic (exact) mass is 262 g/mol. The van der Waals surface area contributed by atoms with Gasteiger partial charge in [-0.1, -0.05) is 0 Å². The normalized spacial score (nSPS) is 19.1. The number of rotatable bonds is 3. The lowest BCUT2D eigenvalue weighted by atomic mass is 10.1. The van der Waals surface area contributed by atoms with E-state index in [0.29, 0.717) is 13.0 Å². The van der Waals surface area contributed by atoms with E-state index in [1.807, 2.05) is 0 Å². The Morgan fingerprint density at radius 1 is 1.63 bits per heavy atom. The standard InChI is InChI=1S/C11H14N6O2/c12-5-9-14-7-17(16-9)6-10(18)15-8-3-1-2-4-13-11(8)19/h7-8H,1-4,6H2,(H,13,19)(H,15,18). The van der Waals surface area contributed by atoms with Crippen LogP contribution < -0.4 is 10.6 Å². The number of nitrogens with one attached hydrogen (secondary N) is 2. The molecule has 1 unspecified atom stereocenters. The molecule has 0 saturated carbocycles. The molecule has 100 valence electrons. The number of amides is 2. The van der Waals surface area contributed by atoms with E-state index in [1.54, 1.807) is 6.07 Å². The zero-order valence-electron chi connectivity index (χ0n) is 10.3.